The minimum atomic E-state index is -3.48. The first kappa shape index (κ1) is 27.6. The van der Waals surface area contributed by atoms with Crippen LogP contribution in [-0.4, -0.2) is 50.8 Å². The summed E-state index contributed by atoms with van der Waals surface area (Å²) in [5.74, 6) is 1.69. The van der Waals surface area contributed by atoms with E-state index in [1.807, 2.05) is 6.07 Å². The summed E-state index contributed by atoms with van der Waals surface area (Å²) in [7, 11) is 2.50. The Labute approximate surface area is 223 Å². The van der Waals surface area contributed by atoms with E-state index in [1.54, 1.807) is 27.2 Å². The quantitative estimate of drug-likeness (QED) is 0.337. The molecular weight excluding hydrogens is 480 g/mol. The molecule has 1 saturated carbocycles. The lowest BCUT2D eigenvalue weighted by Gasteiger charge is -2.36. The molecule has 0 bridgehead atoms. The van der Waals surface area contributed by atoms with Crippen LogP contribution in [-0.2, 0) is 9.84 Å². The van der Waals surface area contributed by atoms with Crippen LogP contribution in [0.4, 0.5) is 0 Å². The summed E-state index contributed by atoms with van der Waals surface area (Å²) in [5.41, 5.74) is 6.22. The third-order valence-corrected chi connectivity index (χ3v) is 10.8. The summed E-state index contributed by atoms with van der Waals surface area (Å²) in [6, 6.07) is 11.0. The molecule has 1 heterocycles. The number of hydrogen-bond donors (Lipinski definition) is 0. The van der Waals surface area contributed by atoms with Crippen molar-refractivity contribution in [3.63, 3.8) is 0 Å². The number of sulfone groups is 1. The zero-order valence-corrected chi connectivity index (χ0v) is 24.4. The number of pyridine rings is 1. The van der Waals surface area contributed by atoms with E-state index in [9.17, 15) is 8.42 Å². The minimum Gasteiger partial charge on any atom is -0.496 e. The van der Waals surface area contributed by atoms with E-state index in [0.29, 0.717) is 16.9 Å². The van der Waals surface area contributed by atoms with Crippen LogP contribution in [0.3, 0.4) is 0 Å². The van der Waals surface area contributed by atoms with Gasteiger partial charge in [-0.15, -0.1) is 0 Å². The van der Waals surface area contributed by atoms with Crippen molar-refractivity contribution in [2.75, 3.05) is 21.2 Å². The van der Waals surface area contributed by atoms with Gasteiger partial charge in [-0.25, -0.2) is 8.42 Å². The van der Waals surface area contributed by atoms with E-state index < -0.39 is 15.1 Å². The fraction of sp³-hybridized carbons (Fsp3) is 0.516. The van der Waals surface area contributed by atoms with Crippen molar-refractivity contribution in [2.24, 2.45) is 5.92 Å². The largest absolute Gasteiger partial charge is 0.496 e. The Hall–Kier alpha value is -2.44. The van der Waals surface area contributed by atoms with E-state index in [0.717, 1.165) is 70.2 Å². The predicted octanol–water partition coefficient (Wildman–Crippen LogP) is 6.93. The molecule has 0 radical (unpaired) electrons. The Balaban J connectivity index is 1.88. The van der Waals surface area contributed by atoms with Gasteiger partial charge in [0.25, 0.3) is 0 Å². The first-order valence-corrected chi connectivity index (χ1v) is 15.0. The summed E-state index contributed by atoms with van der Waals surface area (Å²) in [6.45, 7) is 9.98. The third-order valence-electron chi connectivity index (χ3n) is 8.65. The molecule has 1 atom stereocenters. The average Bonchev–Trinajstić information content (AvgIpc) is 2.88. The summed E-state index contributed by atoms with van der Waals surface area (Å²) < 4.78 is 32.8. The van der Waals surface area contributed by atoms with Crippen LogP contribution < -0.4 is 4.74 Å². The number of nitrogens with zero attached hydrogens (tertiary/aromatic N) is 2. The Kier molecular flexibility index (Phi) is 8.01. The molecule has 0 amide bonds. The van der Waals surface area contributed by atoms with Crippen molar-refractivity contribution in [1.29, 1.82) is 0 Å². The molecule has 6 heteroatoms. The molecule has 1 aromatic heterocycles. The highest BCUT2D eigenvalue weighted by Crippen LogP contribution is 2.44. The van der Waals surface area contributed by atoms with Crippen LogP contribution >= 0.6 is 0 Å². The first-order valence-electron chi connectivity index (χ1n) is 13.4. The summed E-state index contributed by atoms with van der Waals surface area (Å²) >= 11 is 0. The zero-order valence-electron chi connectivity index (χ0n) is 23.6. The molecule has 1 fully saturated rings. The number of aromatic nitrogens is 1. The standard InChI is InChI=1S/C31H42N2O3S/c1-19(2)37(34,35)30-18-32-28-14-13-25(26-15-20(3)21(4)29(17-26)36-8)16-27(28)31(30)24-11-9-23(10-12-24)22(5)33(6)7/h13-19,22-24H,9-12H2,1-8H3. The number of methoxy groups -OCH3 is 1. The van der Waals surface area contributed by atoms with E-state index >= 15 is 0 Å². The molecule has 1 aliphatic carbocycles. The SMILES string of the molecule is COc1cc(-c2ccc3ncc(S(=O)(=O)C(C)C)c(C4CCC(C(C)N(C)C)CC4)c3c2)cc(C)c1C. The Morgan fingerprint density at radius 3 is 2.24 bits per heavy atom. The minimum absolute atomic E-state index is 0.198. The van der Waals surface area contributed by atoms with Crippen molar-refractivity contribution < 1.29 is 13.2 Å². The summed E-state index contributed by atoms with van der Waals surface area (Å²) in [5, 5.41) is 0.461. The topological polar surface area (TPSA) is 59.5 Å². The number of rotatable bonds is 7. The lowest BCUT2D eigenvalue weighted by Crippen LogP contribution is -2.34. The second kappa shape index (κ2) is 10.7. The van der Waals surface area contributed by atoms with Crippen LogP contribution in [0.2, 0.25) is 0 Å². The molecule has 1 unspecified atom stereocenters. The third kappa shape index (κ3) is 5.28. The van der Waals surface area contributed by atoms with Gasteiger partial charge in [0.15, 0.2) is 9.84 Å². The molecule has 0 aliphatic heterocycles. The van der Waals surface area contributed by atoms with Gasteiger partial charge in [0.1, 0.15) is 5.75 Å². The maximum absolute atomic E-state index is 13.6. The molecule has 0 spiro atoms. The number of fused-ring (bicyclic) bond motifs is 1. The number of ether oxygens (including phenoxy) is 1. The summed E-state index contributed by atoms with van der Waals surface area (Å²) in [4.78, 5) is 7.35. The maximum Gasteiger partial charge on any atom is 0.182 e. The predicted molar refractivity (Wildman–Crippen MR) is 153 cm³/mol. The van der Waals surface area contributed by atoms with Crippen LogP contribution in [0.25, 0.3) is 22.0 Å². The van der Waals surface area contributed by atoms with Crippen LogP contribution in [0.1, 0.15) is 69.1 Å². The van der Waals surface area contributed by atoms with Crippen molar-refractivity contribution in [1.82, 2.24) is 9.88 Å². The number of hydrogen-bond acceptors (Lipinski definition) is 5. The molecule has 4 rings (SSSR count). The molecule has 0 saturated heterocycles. The van der Waals surface area contributed by atoms with Crippen molar-refractivity contribution in [2.45, 2.75) is 82.4 Å². The lowest BCUT2D eigenvalue weighted by atomic mass is 9.75. The first-order chi connectivity index (χ1) is 17.4. The fourth-order valence-electron chi connectivity index (χ4n) is 5.79. The molecular formula is C31H42N2O3S. The highest BCUT2D eigenvalue weighted by molar-refractivity contribution is 7.92. The molecule has 2 aromatic carbocycles. The number of aryl methyl sites for hydroxylation is 1. The molecule has 5 nitrogen and oxygen atoms in total. The summed E-state index contributed by atoms with van der Waals surface area (Å²) in [6.07, 6.45) is 5.79. The second-order valence-electron chi connectivity index (χ2n) is 11.3. The van der Waals surface area contributed by atoms with Gasteiger partial charge >= 0.3 is 0 Å². The van der Waals surface area contributed by atoms with Crippen molar-refractivity contribution >= 4 is 20.7 Å². The fourth-order valence-corrected chi connectivity index (χ4v) is 7.08. The molecule has 200 valence electrons. The lowest BCUT2D eigenvalue weighted by molar-refractivity contribution is 0.176. The normalized spacial score (nSPS) is 19.5. The van der Waals surface area contributed by atoms with Gasteiger partial charge in [0, 0.05) is 17.6 Å². The van der Waals surface area contributed by atoms with Crippen molar-refractivity contribution in [3.05, 3.63) is 53.2 Å². The number of benzene rings is 2. The molecule has 37 heavy (non-hydrogen) atoms. The van der Waals surface area contributed by atoms with E-state index in [2.05, 4.69) is 69.0 Å². The van der Waals surface area contributed by atoms with Gasteiger partial charge in [-0.05, 0) is 132 Å². The van der Waals surface area contributed by atoms with Crippen molar-refractivity contribution in [3.8, 4) is 16.9 Å². The molecule has 0 N–H and O–H groups in total. The highest BCUT2D eigenvalue weighted by atomic mass is 32.2. The van der Waals surface area contributed by atoms with Gasteiger partial charge in [-0.2, -0.15) is 0 Å². The highest BCUT2D eigenvalue weighted by Gasteiger charge is 2.33. The molecule has 1 aliphatic rings. The van der Waals surface area contributed by atoms with E-state index in [1.165, 1.54) is 0 Å². The smallest absolute Gasteiger partial charge is 0.182 e. The van der Waals surface area contributed by atoms with Gasteiger partial charge < -0.3 is 9.64 Å². The average molecular weight is 523 g/mol. The van der Waals surface area contributed by atoms with Crippen LogP contribution in [0, 0.1) is 19.8 Å². The Bertz CT molecular complexity index is 1390. The van der Waals surface area contributed by atoms with E-state index in [-0.39, 0.29) is 5.92 Å². The second-order valence-corrected chi connectivity index (χ2v) is 13.8. The maximum atomic E-state index is 13.6. The van der Waals surface area contributed by atoms with Crippen LogP contribution in [0.15, 0.2) is 41.4 Å². The Morgan fingerprint density at radius 1 is 0.973 bits per heavy atom. The zero-order chi connectivity index (χ0) is 27.1. The van der Waals surface area contributed by atoms with Gasteiger partial charge in [-0.3, -0.25) is 4.98 Å². The van der Waals surface area contributed by atoms with Gasteiger partial charge in [0.2, 0.25) is 0 Å². The molecule has 3 aromatic rings. The monoisotopic (exact) mass is 522 g/mol. The Morgan fingerprint density at radius 2 is 1.65 bits per heavy atom. The van der Waals surface area contributed by atoms with Gasteiger partial charge in [0.05, 0.1) is 22.8 Å². The van der Waals surface area contributed by atoms with Gasteiger partial charge in [-0.1, -0.05) is 12.1 Å². The van der Waals surface area contributed by atoms with Crippen LogP contribution in [0.5, 0.6) is 5.75 Å². The van der Waals surface area contributed by atoms with E-state index in [4.69, 9.17) is 4.74 Å².